The van der Waals surface area contributed by atoms with E-state index in [2.05, 4.69) is 10.8 Å². The van der Waals surface area contributed by atoms with Gasteiger partial charge in [-0.2, -0.15) is 0 Å². The number of rotatable bonds is 4. The summed E-state index contributed by atoms with van der Waals surface area (Å²) in [5.74, 6) is 0. The summed E-state index contributed by atoms with van der Waals surface area (Å²) in [5.41, 5.74) is 4.61. The lowest BCUT2D eigenvalue weighted by molar-refractivity contribution is 0.0728. The van der Waals surface area contributed by atoms with Crippen molar-refractivity contribution in [2.45, 2.75) is 6.61 Å². The van der Waals surface area contributed by atoms with Gasteiger partial charge in [-0.25, -0.2) is 5.48 Å². The van der Waals surface area contributed by atoms with E-state index >= 15 is 0 Å². The normalized spacial score (nSPS) is 9.95. The van der Waals surface area contributed by atoms with Crippen molar-refractivity contribution in [2.75, 3.05) is 5.32 Å². The molecule has 0 saturated carbocycles. The zero-order valence-corrected chi connectivity index (χ0v) is 11.7. The van der Waals surface area contributed by atoms with Gasteiger partial charge in [-0.05, 0) is 42.0 Å². The van der Waals surface area contributed by atoms with Crippen molar-refractivity contribution in [3.05, 3.63) is 65.2 Å². The minimum Gasteiger partial charge on any atom is -0.331 e. The van der Waals surface area contributed by atoms with Gasteiger partial charge < -0.3 is 5.32 Å². The molecule has 2 aromatic carbocycles. The number of thiocarbonyl (C=S) groups is 1. The molecule has 98 valence electrons. The van der Waals surface area contributed by atoms with Crippen LogP contribution in [0.1, 0.15) is 5.56 Å². The second kappa shape index (κ2) is 7.09. The molecule has 0 heterocycles. The summed E-state index contributed by atoms with van der Waals surface area (Å²) in [7, 11) is 0. The van der Waals surface area contributed by atoms with E-state index in [0.717, 1.165) is 11.3 Å². The average molecular weight is 293 g/mol. The molecular weight excluding hydrogens is 280 g/mol. The van der Waals surface area contributed by atoms with Crippen LogP contribution in [0.25, 0.3) is 0 Å². The van der Waals surface area contributed by atoms with Crippen LogP contribution in [0.2, 0.25) is 5.02 Å². The van der Waals surface area contributed by atoms with Crippen LogP contribution >= 0.6 is 23.8 Å². The molecule has 0 atom stereocenters. The molecule has 0 aliphatic rings. The van der Waals surface area contributed by atoms with Crippen LogP contribution in [0, 0.1) is 0 Å². The first kappa shape index (κ1) is 13.8. The van der Waals surface area contributed by atoms with E-state index < -0.39 is 0 Å². The second-order valence-electron chi connectivity index (χ2n) is 3.84. The average Bonchev–Trinajstić information content (AvgIpc) is 2.43. The number of halogens is 1. The summed E-state index contributed by atoms with van der Waals surface area (Å²) in [6.45, 7) is 0.448. The number of benzene rings is 2. The van der Waals surface area contributed by atoms with E-state index in [-0.39, 0.29) is 0 Å². The van der Waals surface area contributed by atoms with E-state index in [1.165, 1.54) is 0 Å². The van der Waals surface area contributed by atoms with E-state index in [9.17, 15) is 0 Å². The Balaban J connectivity index is 1.74. The maximum Gasteiger partial charge on any atom is 0.195 e. The van der Waals surface area contributed by atoms with Crippen LogP contribution in [0.15, 0.2) is 54.6 Å². The van der Waals surface area contributed by atoms with Crippen molar-refractivity contribution in [3.8, 4) is 0 Å². The number of anilines is 1. The van der Waals surface area contributed by atoms with Gasteiger partial charge >= 0.3 is 0 Å². The summed E-state index contributed by atoms with van der Waals surface area (Å²) >= 11 is 10.9. The maximum atomic E-state index is 5.80. The van der Waals surface area contributed by atoms with Gasteiger partial charge in [0.05, 0.1) is 6.61 Å². The maximum absolute atomic E-state index is 5.80. The van der Waals surface area contributed by atoms with Gasteiger partial charge in [0.15, 0.2) is 5.11 Å². The smallest absolute Gasteiger partial charge is 0.195 e. The fraction of sp³-hybridized carbons (Fsp3) is 0.0714. The standard InChI is InChI=1S/C14H13ClN2OS/c15-12-6-8-13(9-7-12)16-14(19)17-18-10-11-4-2-1-3-5-11/h1-9H,10H2,(H2,16,17,19). The first-order valence-corrected chi connectivity index (χ1v) is 6.51. The largest absolute Gasteiger partial charge is 0.331 e. The lowest BCUT2D eigenvalue weighted by atomic mass is 10.2. The first-order chi connectivity index (χ1) is 9.24. The number of hydrogen-bond donors (Lipinski definition) is 2. The Labute approximate surface area is 122 Å². The molecule has 0 radical (unpaired) electrons. The van der Waals surface area contributed by atoms with Crippen molar-refractivity contribution >= 4 is 34.6 Å². The lowest BCUT2D eigenvalue weighted by Crippen LogP contribution is -2.28. The van der Waals surface area contributed by atoms with Gasteiger partial charge in [0, 0.05) is 10.7 Å². The lowest BCUT2D eigenvalue weighted by Gasteiger charge is -2.10. The molecule has 0 unspecified atom stereocenters. The zero-order valence-electron chi connectivity index (χ0n) is 10.1. The molecule has 0 fully saturated rings. The van der Waals surface area contributed by atoms with Crippen LogP contribution in [-0.2, 0) is 11.4 Å². The third kappa shape index (κ3) is 4.87. The third-order valence-electron chi connectivity index (χ3n) is 2.35. The highest BCUT2D eigenvalue weighted by molar-refractivity contribution is 7.80. The number of nitrogens with one attached hydrogen (secondary N) is 2. The molecule has 0 aromatic heterocycles. The van der Waals surface area contributed by atoms with Crippen LogP contribution in [0.4, 0.5) is 5.69 Å². The van der Waals surface area contributed by atoms with Crippen LogP contribution in [0.5, 0.6) is 0 Å². The first-order valence-electron chi connectivity index (χ1n) is 5.72. The predicted octanol–water partition coefficient (Wildman–Crippen LogP) is 3.76. The Morgan fingerprint density at radius 1 is 1.05 bits per heavy atom. The van der Waals surface area contributed by atoms with Gasteiger partial charge in [-0.3, -0.25) is 4.84 Å². The minimum absolute atomic E-state index is 0.401. The Hall–Kier alpha value is -1.62. The monoisotopic (exact) mass is 292 g/mol. The SMILES string of the molecule is S=C(NOCc1ccccc1)Nc1ccc(Cl)cc1. The molecule has 0 bridgehead atoms. The molecule has 2 rings (SSSR count). The van der Waals surface area contributed by atoms with Crippen molar-refractivity contribution in [2.24, 2.45) is 0 Å². The topological polar surface area (TPSA) is 33.3 Å². The van der Waals surface area contributed by atoms with Gasteiger partial charge in [-0.1, -0.05) is 41.9 Å². The molecule has 2 aromatic rings. The minimum atomic E-state index is 0.401. The van der Waals surface area contributed by atoms with Gasteiger partial charge in [-0.15, -0.1) is 0 Å². The molecule has 5 heteroatoms. The van der Waals surface area contributed by atoms with E-state index in [4.69, 9.17) is 28.7 Å². The molecule has 0 aliphatic carbocycles. The Bertz CT molecular complexity index is 531. The van der Waals surface area contributed by atoms with Gasteiger partial charge in [0.25, 0.3) is 0 Å². The molecule has 0 amide bonds. The van der Waals surface area contributed by atoms with Crippen LogP contribution in [0.3, 0.4) is 0 Å². The number of hydroxylamine groups is 1. The molecule has 0 spiro atoms. The van der Waals surface area contributed by atoms with Crippen molar-refractivity contribution < 1.29 is 4.84 Å². The van der Waals surface area contributed by atoms with Crippen molar-refractivity contribution in [1.29, 1.82) is 0 Å². The Morgan fingerprint density at radius 2 is 1.74 bits per heavy atom. The fourth-order valence-electron chi connectivity index (χ4n) is 1.45. The predicted molar refractivity (Wildman–Crippen MR) is 82.0 cm³/mol. The van der Waals surface area contributed by atoms with E-state index in [1.807, 2.05) is 42.5 Å². The summed E-state index contributed by atoms with van der Waals surface area (Å²) in [5, 5.41) is 4.08. The van der Waals surface area contributed by atoms with Gasteiger partial charge in [0.1, 0.15) is 0 Å². The summed E-state index contributed by atoms with van der Waals surface area (Å²) in [4.78, 5) is 5.30. The fourth-order valence-corrected chi connectivity index (χ4v) is 1.75. The third-order valence-corrected chi connectivity index (χ3v) is 2.79. The second-order valence-corrected chi connectivity index (χ2v) is 4.68. The van der Waals surface area contributed by atoms with Gasteiger partial charge in [0.2, 0.25) is 0 Å². The quantitative estimate of drug-likeness (QED) is 0.664. The summed E-state index contributed by atoms with van der Waals surface area (Å²) in [6, 6.07) is 17.1. The molecule has 0 aliphatic heterocycles. The van der Waals surface area contributed by atoms with Crippen LogP contribution in [-0.4, -0.2) is 5.11 Å². The van der Waals surface area contributed by atoms with E-state index in [1.54, 1.807) is 12.1 Å². The molecule has 0 saturated heterocycles. The highest BCUT2D eigenvalue weighted by Gasteiger charge is 1.98. The summed E-state index contributed by atoms with van der Waals surface area (Å²) < 4.78 is 0. The van der Waals surface area contributed by atoms with Crippen molar-refractivity contribution in [3.63, 3.8) is 0 Å². The molecular formula is C14H13ClN2OS. The number of hydrogen-bond acceptors (Lipinski definition) is 2. The molecule has 19 heavy (non-hydrogen) atoms. The van der Waals surface area contributed by atoms with E-state index in [0.29, 0.717) is 16.7 Å². The highest BCUT2D eigenvalue weighted by Crippen LogP contribution is 2.13. The Morgan fingerprint density at radius 3 is 2.42 bits per heavy atom. The Kier molecular flexibility index (Phi) is 5.15. The zero-order chi connectivity index (χ0) is 13.5. The summed E-state index contributed by atoms with van der Waals surface area (Å²) in [6.07, 6.45) is 0. The molecule has 3 nitrogen and oxygen atoms in total. The molecule has 2 N–H and O–H groups in total. The van der Waals surface area contributed by atoms with Crippen molar-refractivity contribution in [1.82, 2.24) is 5.48 Å². The highest BCUT2D eigenvalue weighted by atomic mass is 35.5. The van der Waals surface area contributed by atoms with Crippen LogP contribution < -0.4 is 10.8 Å².